The van der Waals surface area contributed by atoms with Crippen molar-refractivity contribution in [2.24, 2.45) is 50.7 Å². The van der Waals surface area contributed by atoms with Crippen molar-refractivity contribution in [3.8, 4) is 0 Å². The standard InChI is InChI=1S/C29H51N/c1-21(10-8-19-30(6)7)22-13-16-27(5)24-12-11-23-25(2,3)14-9-15-28(23)20-29(24,28)18-17-26(22,27)4/h21-24H,8-20H2,1-7H3/t21-,22-,23+,24+,26-,27+,28-,29+/m1/s1. The van der Waals surface area contributed by atoms with Gasteiger partial charge in [0.15, 0.2) is 0 Å². The van der Waals surface area contributed by atoms with Crippen molar-refractivity contribution in [3.63, 3.8) is 0 Å². The molecular formula is C29H51N. The van der Waals surface area contributed by atoms with E-state index in [-0.39, 0.29) is 0 Å². The monoisotopic (exact) mass is 413 g/mol. The van der Waals surface area contributed by atoms with Gasteiger partial charge in [0.05, 0.1) is 0 Å². The Balaban J connectivity index is 1.39. The van der Waals surface area contributed by atoms with Gasteiger partial charge >= 0.3 is 0 Å². The molecule has 0 aliphatic heterocycles. The Morgan fingerprint density at radius 3 is 2.23 bits per heavy atom. The van der Waals surface area contributed by atoms with Gasteiger partial charge in [0.1, 0.15) is 0 Å². The third kappa shape index (κ3) is 2.63. The van der Waals surface area contributed by atoms with E-state index in [0.717, 1.165) is 34.5 Å². The second-order valence-electron chi connectivity index (χ2n) is 14.4. The first-order chi connectivity index (χ1) is 14.0. The van der Waals surface area contributed by atoms with Gasteiger partial charge in [-0.25, -0.2) is 0 Å². The lowest BCUT2D eigenvalue weighted by Crippen LogP contribution is -2.56. The highest BCUT2D eigenvalue weighted by molar-refractivity contribution is 5.30. The van der Waals surface area contributed by atoms with Crippen LogP contribution < -0.4 is 0 Å². The van der Waals surface area contributed by atoms with Gasteiger partial charge in [0.25, 0.3) is 0 Å². The van der Waals surface area contributed by atoms with Crippen LogP contribution >= 0.6 is 0 Å². The molecule has 0 unspecified atom stereocenters. The fourth-order valence-corrected chi connectivity index (χ4v) is 11.3. The van der Waals surface area contributed by atoms with Crippen LogP contribution in [-0.4, -0.2) is 25.5 Å². The number of rotatable bonds is 5. The maximum atomic E-state index is 2.80. The minimum absolute atomic E-state index is 0.598. The van der Waals surface area contributed by atoms with Crippen LogP contribution in [0, 0.1) is 50.7 Å². The Morgan fingerprint density at radius 1 is 0.800 bits per heavy atom. The fraction of sp³-hybridized carbons (Fsp3) is 1.00. The molecular weight excluding hydrogens is 362 g/mol. The van der Waals surface area contributed by atoms with Gasteiger partial charge in [-0.15, -0.1) is 0 Å². The van der Waals surface area contributed by atoms with Gasteiger partial charge in [0.2, 0.25) is 0 Å². The van der Waals surface area contributed by atoms with Crippen LogP contribution in [0.25, 0.3) is 0 Å². The maximum absolute atomic E-state index is 2.80. The smallest absolute Gasteiger partial charge is 0.00247 e. The van der Waals surface area contributed by atoms with E-state index in [0.29, 0.717) is 16.2 Å². The zero-order valence-electron chi connectivity index (χ0n) is 21.4. The molecule has 5 saturated carbocycles. The Kier molecular flexibility index (Phi) is 4.89. The van der Waals surface area contributed by atoms with Gasteiger partial charge in [-0.1, -0.05) is 41.0 Å². The summed E-state index contributed by atoms with van der Waals surface area (Å²) >= 11 is 0. The number of fused-ring (bicyclic) bond motifs is 2. The van der Waals surface area contributed by atoms with Crippen molar-refractivity contribution in [1.29, 1.82) is 0 Å². The van der Waals surface area contributed by atoms with Crippen molar-refractivity contribution < 1.29 is 0 Å². The molecule has 5 aliphatic rings. The predicted molar refractivity (Wildman–Crippen MR) is 128 cm³/mol. The first-order valence-electron chi connectivity index (χ1n) is 13.7. The lowest BCUT2D eigenvalue weighted by atomic mass is 9.42. The van der Waals surface area contributed by atoms with E-state index in [1.165, 1.54) is 51.5 Å². The summed E-state index contributed by atoms with van der Waals surface area (Å²) in [6.07, 6.45) is 18.3. The average Bonchev–Trinajstić information content (AvgIpc) is 3.23. The number of hydrogen-bond donors (Lipinski definition) is 0. The second-order valence-corrected chi connectivity index (χ2v) is 14.4. The zero-order valence-corrected chi connectivity index (χ0v) is 21.4. The molecule has 2 spiro atoms. The summed E-state index contributed by atoms with van der Waals surface area (Å²) < 4.78 is 0. The van der Waals surface area contributed by atoms with E-state index in [2.05, 4.69) is 53.6 Å². The zero-order chi connectivity index (χ0) is 21.6. The molecule has 5 rings (SSSR count). The lowest BCUT2D eigenvalue weighted by molar-refractivity contribution is -0.142. The molecule has 172 valence electrons. The average molecular weight is 414 g/mol. The third-order valence-electron chi connectivity index (χ3n) is 12.9. The molecule has 0 saturated heterocycles. The molecule has 5 fully saturated rings. The van der Waals surface area contributed by atoms with E-state index in [4.69, 9.17) is 0 Å². The fourth-order valence-electron chi connectivity index (χ4n) is 11.3. The summed E-state index contributed by atoms with van der Waals surface area (Å²) in [7, 11) is 4.46. The van der Waals surface area contributed by atoms with Crippen LogP contribution in [0.2, 0.25) is 0 Å². The minimum Gasteiger partial charge on any atom is -0.309 e. The number of nitrogens with zero attached hydrogens (tertiary/aromatic N) is 1. The molecule has 1 heteroatoms. The minimum atomic E-state index is 0.598. The molecule has 5 aliphatic carbocycles. The molecule has 0 aromatic heterocycles. The summed E-state index contributed by atoms with van der Waals surface area (Å²) in [6, 6.07) is 0. The summed E-state index contributed by atoms with van der Waals surface area (Å²) in [5, 5.41) is 0. The molecule has 0 aromatic rings. The summed E-state index contributed by atoms with van der Waals surface area (Å²) in [5.74, 6) is 3.94. The van der Waals surface area contributed by atoms with Crippen LogP contribution in [0.15, 0.2) is 0 Å². The van der Waals surface area contributed by atoms with Crippen molar-refractivity contribution in [3.05, 3.63) is 0 Å². The van der Waals surface area contributed by atoms with Crippen LogP contribution in [0.4, 0.5) is 0 Å². The van der Waals surface area contributed by atoms with Crippen molar-refractivity contribution in [2.45, 2.75) is 112 Å². The molecule has 0 aromatic carbocycles. The third-order valence-corrected chi connectivity index (χ3v) is 12.9. The van der Waals surface area contributed by atoms with Crippen molar-refractivity contribution in [2.75, 3.05) is 20.6 Å². The van der Waals surface area contributed by atoms with Crippen LogP contribution in [-0.2, 0) is 0 Å². The highest BCUT2D eigenvalue weighted by atomic mass is 15.0. The molecule has 1 nitrogen and oxygen atoms in total. The normalized spacial score (nSPS) is 52.2. The van der Waals surface area contributed by atoms with Gasteiger partial charge in [-0.2, -0.15) is 0 Å². The second kappa shape index (κ2) is 6.74. The van der Waals surface area contributed by atoms with E-state index in [9.17, 15) is 0 Å². The number of hydrogen-bond acceptors (Lipinski definition) is 1. The van der Waals surface area contributed by atoms with Crippen molar-refractivity contribution >= 4 is 0 Å². The van der Waals surface area contributed by atoms with E-state index in [1.807, 2.05) is 0 Å². The summed E-state index contributed by atoms with van der Waals surface area (Å²) in [4.78, 5) is 2.37. The Bertz CT molecular complexity index is 680. The van der Waals surface area contributed by atoms with E-state index >= 15 is 0 Å². The summed E-state index contributed by atoms with van der Waals surface area (Å²) in [5.41, 5.74) is 3.33. The van der Waals surface area contributed by atoms with E-state index in [1.54, 1.807) is 32.1 Å². The SMILES string of the molecule is C[C@H](CCCN(C)C)[C@H]1CC[C@@]2(C)[C@@H]3CC[C@H]4C(C)(C)CCC[C@@]45C[C@@]35CC[C@]12C. The van der Waals surface area contributed by atoms with Crippen molar-refractivity contribution in [1.82, 2.24) is 4.90 Å². The van der Waals surface area contributed by atoms with Gasteiger partial charge in [-0.05, 0) is 142 Å². The van der Waals surface area contributed by atoms with Gasteiger partial charge in [-0.3, -0.25) is 0 Å². The van der Waals surface area contributed by atoms with Crippen LogP contribution in [0.1, 0.15) is 112 Å². The topological polar surface area (TPSA) is 3.24 Å². The Labute approximate surface area is 188 Å². The Morgan fingerprint density at radius 2 is 1.50 bits per heavy atom. The highest BCUT2D eigenvalue weighted by Gasteiger charge is 2.81. The first-order valence-corrected chi connectivity index (χ1v) is 13.7. The maximum Gasteiger partial charge on any atom is -0.00247 e. The van der Waals surface area contributed by atoms with Crippen LogP contribution in [0.5, 0.6) is 0 Å². The molecule has 0 radical (unpaired) electrons. The molecule has 0 bridgehead atoms. The molecule has 0 amide bonds. The first kappa shape index (κ1) is 21.8. The van der Waals surface area contributed by atoms with E-state index < -0.39 is 0 Å². The molecule has 0 N–H and O–H groups in total. The Hall–Kier alpha value is -0.0400. The van der Waals surface area contributed by atoms with Gasteiger partial charge < -0.3 is 4.90 Å². The van der Waals surface area contributed by atoms with Gasteiger partial charge in [0, 0.05) is 0 Å². The quantitative estimate of drug-likeness (QED) is 0.444. The summed E-state index contributed by atoms with van der Waals surface area (Å²) in [6.45, 7) is 14.7. The molecule has 30 heavy (non-hydrogen) atoms. The van der Waals surface area contributed by atoms with Crippen LogP contribution in [0.3, 0.4) is 0 Å². The molecule has 0 heterocycles. The highest BCUT2D eigenvalue weighted by Crippen LogP contribution is 2.89. The largest absolute Gasteiger partial charge is 0.309 e. The predicted octanol–water partition coefficient (Wildman–Crippen LogP) is 7.79. The molecule has 8 atom stereocenters. The lowest BCUT2D eigenvalue weighted by Gasteiger charge is -2.63.